The van der Waals surface area contributed by atoms with Crippen molar-refractivity contribution in [1.82, 2.24) is 5.32 Å². The van der Waals surface area contributed by atoms with Gasteiger partial charge in [0.1, 0.15) is 5.82 Å². The monoisotopic (exact) mass is 267 g/mol. The second-order valence-corrected chi connectivity index (χ2v) is 6.15. The fourth-order valence-electron chi connectivity index (χ4n) is 3.06. The Hall–Kier alpha value is -0.600. The van der Waals surface area contributed by atoms with Gasteiger partial charge in [0.05, 0.1) is 0 Å². The highest BCUT2D eigenvalue weighted by atomic mass is 35.5. The minimum absolute atomic E-state index is 0.155. The molecule has 2 saturated carbocycles. The lowest BCUT2D eigenvalue weighted by atomic mass is 9.92. The lowest BCUT2D eigenvalue weighted by Gasteiger charge is -2.20. The number of hydrogen-bond donors (Lipinski definition) is 1. The van der Waals surface area contributed by atoms with E-state index in [1.807, 2.05) is 6.07 Å². The van der Waals surface area contributed by atoms with Crippen LogP contribution in [0.15, 0.2) is 18.2 Å². The Kier molecular flexibility index (Phi) is 3.11. The summed E-state index contributed by atoms with van der Waals surface area (Å²) in [7, 11) is 0. The molecule has 3 rings (SSSR count). The molecule has 2 fully saturated rings. The summed E-state index contributed by atoms with van der Waals surface area (Å²) in [4.78, 5) is 0. The van der Waals surface area contributed by atoms with Crippen molar-refractivity contribution in [2.75, 3.05) is 6.54 Å². The minimum Gasteiger partial charge on any atom is -0.313 e. The molecule has 0 heterocycles. The van der Waals surface area contributed by atoms with Gasteiger partial charge in [-0.2, -0.15) is 0 Å². The standard InChI is InChI=1S/C15H19ClFN/c1-2-10-8-15(10,9-18-12-4-5-12)13-6-3-11(17)7-14(13)16/h3,6-7,10,12,18H,2,4-5,8-9H2,1H3. The predicted molar refractivity (Wildman–Crippen MR) is 72.5 cm³/mol. The number of benzene rings is 1. The van der Waals surface area contributed by atoms with Gasteiger partial charge in [-0.15, -0.1) is 0 Å². The van der Waals surface area contributed by atoms with Gasteiger partial charge in [0, 0.05) is 23.0 Å². The van der Waals surface area contributed by atoms with E-state index in [0.29, 0.717) is 17.0 Å². The van der Waals surface area contributed by atoms with E-state index in [4.69, 9.17) is 11.6 Å². The maximum Gasteiger partial charge on any atom is 0.124 e. The van der Waals surface area contributed by atoms with Crippen LogP contribution in [0.4, 0.5) is 4.39 Å². The highest BCUT2D eigenvalue weighted by molar-refractivity contribution is 6.31. The van der Waals surface area contributed by atoms with Crippen LogP contribution in [-0.2, 0) is 5.41 Å². The van der Waals surface area contributed by atoms with Gasteiger partial charge >= 0.3 is 0 Å². The molecule has 1 N–H and O–H groups in total. The Morgan fingerprint density at radius 2 is 2.22 bits per heavy atom. The van der Waals surface area contributed by atoms with Gasteiger partial charge in [0.2, 0.25) is 0 Å². The molecular formula is C15H19ClFN. The third kappa shape index (κ3) is 2.17. The molecule has 0 amide bonds. The van der Waals surface area contributed by atoms with E-state index in [9.17, 15) is 4.39 Å². The van der Waals surface area contributed by atoms with Crippen molar-refractivity contribution in [3.05, 3.63) is 34.6 Å². The average Bonchev–Trinajstić information content (AvgIpc) is 3.22. The van der Waals surface area contributed by atoms with Crippen LogP contribution in [0.1, 0.15) is 38.2 Å². The van der Waals surface area contributed by atoms with Crippen LogP contribution in [-0.4, -0.2) is 12.6 Å². The lowest BCUT2D eigenvalue weighted by Crippen LogP contribution is -2.30. The number of nitrogens with one attached hydrogen (secondary N) is 1. The first-order valence-electron chi connectivity index (χ1n) is 6.84. The van der Waals surface area contributed by atoms with Crippen molar-refractivity contribution in [3.63, 3.8) is 0 Å². The summed E-state index contributed by atoms with van der Waals surface area (Å²) in [5.41, 5.74) is 1.29. The van der Waals surface area contributed by atoms with Crippen LogP contribution >= 0.6 is 11.6 Å². The Morgan fingerprint density at radius 1 is 1.44 bits per heavy atom. The normalized spacial score (nSPS) is 30.5. The third-order valence-electron chi connectivity index (χ3n) is 4.48. The molecule has 0 spiro atoms. The Bertz CT molecular complexity index is 458. The molecule has 0 aromatic heterocycles. The average molecular weight is 268 g/mol. The topological polar surface area (TPSA) is 12.0 Å². The number of hydrogen-bond acceptors (Lipinski definition) is 1. The molecule has 1 nitrogen and oxygen atoms in total. The van der Waals surface area contributed by atoms with E-state index in [1.165, 1.54) is 37.8 Å². The van der Waals surface area contributed by atoms with Gasteiger partial charge in [-0.25, -0.2) is 4.39 Å². The molecule has 0 saturated heterocycles. The van der Waals surface area contributed by atoms with Crippen molar-refractivity contribution in [3.8, 4) is 0 Å². The molecule has 0 aliphatic heterocycles. The highest BCUT2D eigenvalue weighted by Gasteiger charge is 2.54. The summed E-state index contributed by atoms with van der Waals surface area (Å²) in [6, 6.07) is 5.56. The maximum absolute atomic E-state index is 13.2. The van der Waals surface area contributed by atoms with E-state index in [1.54, 1.807) is 0 Å². The van der Waals surface area contributed by atoms with Crippen LogP contribution in [0.3, 0.4) is 0 Å². The zero-order valence-corrected chi connectivity index (χ0v) is 11.4. The van der Waals surface area contributed by atoms with Crippen LogP contribution in [0, 0.1) is 11.7 Å². The molecule has 18 heavy (non-hydrogen) atoms. The van der Waals surface area contributed by atoms with Gasteiger partial charge < -0.3 is 5.32 Å². The Balaban J connectivity index is 1.84. The fourth-order valence-corrected chi connectivity index (χ4v) is 3.42. The fraction of sp³-hybridized carbons (Fsp3) is 0.600. The molecule has 1 aromatic carbocycles. The lowest BCUT2D eigenvalue weighted by molar-refractivity contribution is 0.520. The molecule has 98 valence electrons. The molecule has 0 radical (unpaired) electrons. The second kappa shape index (κ2) is 4.50. The van der Waals surface area contributed by atoms with Gasteiger partial charge in [-0.1, -0.05) is 31.0 Å². The third-order valence-corrected chi connectivity index (χ3v) is 4.79. The van der Waals surface area contributed by atoms with Gasteiger partial charge in [-0.3, -0.25) is 0 Å². The van der Waals surface area contributed by atoms with Crippen molar-refractivity contribution in [1.29, 1.82) is 0 Å². The van der Waals surface area contributed by atoms with E-state index in [-0.39, 0.29) is 11.2 Å². The predicted octanol–water partition coefficient (Wildman–Crippen LogP) is 3.90. The molecule has 0 bridgehead atoms. The van der Waals surface area contributed by atoms with E-state index >= 15 is 0 Å². The molecule has 3 heteroatoms. The van der Waals surface area contributed by atoms with E-state index in [0.717, 1.165) is 12.1 Å². The smallest absolute Gasteiger partial charge is 0.124 e. The second-order valence-electron chi connectivity index (χ2n) is 5.74. The first-order valence-corrected chi connectivity index (χ1v) is 7.22. The Morgan fingerprint density at radius 3 is 2.78 bits per heavy atom. The molecular weight excluding hydrogens is 249 g/mol. The highest BCUT2D eigenvalue weighted by Crippen LogP contribution is 2.57. The van der Waals surface area contributed by atoms with Gasteiger partial charge in [-0.05, 0) is 42.9 Å². The van der Waals surface area contributed by atoms with Crippen molar-refractivity contribution in [2.24, 2.45) is 5.92 Å². The SMILES string of the molecule is CCC1CC1(CNC1CC1)c1ccc(F)cc1Cl. The quantitative estimate of drug-likeness (QED) is 0.853. The molecule has 1 aromatic rings. The van der Waals surface area contributed by atoms with Crippen LogP contribution < -0.4 is 5.32 Å². The summed E-state index contributed by atoms with van der Waals surface area (Å²) >= 11 is 6.24. The summed E-state index contributed by atoms with van der Waals surface area (Å²) in [6.45, 7) is 3.21. The number of halogens is 2. The largest absolute Gasteiger partial charge is 0.313 e. The summed E-state index contributed by atoms with van der Waals surface area (Å²) in [6.07, 6.45) is 4.93. The van der Waals surface area contributed by atoms with Crippen LogP contribution in [0.5, 0.6) is 0 Å². The van der Waals surface area contributed by atoms with Crippen molar-refractivity contribution >= 4 is 11.6 Å². The first kappa shape index (κ1) is 12.4. The van der Waals surface area contributed by atoms with E-state index in [2.05, 4.69) is 12.2 Å². The summed E-state index contributed by atoms with van der Waals surface area (Å²) < 4.78 is 13.2. The Labute approximate surface area is 113 Å². The molecule has 2 aliphatic carbocycles. The van der Waals surface area contributed by atoms with E-state index < -0.39 is 0 Å². The van der Waals surface area contributed by atoms with Gasteiger partial charge in [0.15, 0.2) is 0 Å². The summed E-state index contributed by atoms with van der Waals surface area (Å²) in [5.74, 6) is 0.439. The van der Waals surface area contributed by atoms with Crippen molar-refractivity contribution in [2.45, 2.75) is 44.1 Å². The minimum atomic E-state index is -0.247. The zero-order chi connectivity index (χ0) is 12.8. The number of rotatable bonds is 5. The van der Waals surface area contributed by atoms with Gasteiger partial charge in [0.25, 0.3) is 0 Å². The first-order chi connectivity index (χ1) is 8.65. The van der Waals surface area contributed by atoms with Crippen LogP contribution in [0.2, 0.25) is 5.02 Å². The molecule has 2 aliphatic rings. The maximum atomic E-state index is 13.2. The molecule has 2 atom stereocenters. The zero-order valence-electron chi connectivity index (χ0n) is 10.7. The summed E-state index contributed by atoms with van der Waals surface area (Å²) in [5, 5.41) is 4.20. The molecule has 2 unspecified atom stereocenters. The van der Waals surface area contributed by atoms with Crippen LogP contribution in [0.25, 0.3) is 0 Å². The van der Waals surface area contributed by atoms with Crippen molar-refractivity contribution < 1.29 is 4.39 Å².